The molecule has 2 nitrogen and oxygen atoms in total. The minimum atomic E-state index is 0.871. The maximum atomic E-state index is 4.69. The Labute approximate surface area is 131 Å². The van der Waals surface area contributed by atoms with Crippen molar-refractivity contribution in [2.45, 2.75) is 19.8 Å². The summed E-state index contributed by atoms with van der Waals surface area (Å²) in [4.78, 5) is 0. The molecule has 3 rings (SSSR count). The first-order valence-electron chi connectivity index (χ1n) is 7.61. The Morgan fingerprint density at radius 1 is 1.05 bits per heavy atom. The van der Waals surface area contributed by atoms with Crippen LogP contribution in [0.15, 0.2) is 83.5 Å². The molecule has 0 aliphatic heterocycles. The van der Waals surface area contributed by atoms with Crippen LogP contribution < -0.4 is 5.43 Å². The molecule has 110 valence electrons. The fourth-order valence-corrected chi connectivity index (χ4v) is 2.50. The highest BCUT2D eigenvalue weighted by atomic mass is 15.3. The van der Waals surface area contributed by atoms with Gasteiger partial charge in [0.15, 0.2) is 0 Å². The van der Waals surface area contributed by atoms with Crippen LogP contribution in [0.1, 0.15) is 24.0 Å². The Bertz CT molecular complexity index is 724. The lowest BCUT2D eigenvalue weighted by molar-refractivity contribution is 1.15. The molecular weight excluding hydrogens is 268 g/mol. The van der Waals surface area contributed by atoms with Crippen molar-refractivity contribution in [1.82, 2.24) is 0 Å². The highest BCUT2D eigenvalue weighted by Crippen LogP contribution is 2.19. The van der Waals surface area contributed by atoms with Gasteiger partial charge < -0.3 is 0 Å². The summed E-state index contributed by atoms with van der Waals surface area (Å²) in [6.45, 7) is 2.09. The van der Waals surface area contributed by atoms with Crippen molar-refractivity contribution in [3.63, 3.8) is 0 Å². The second-order valence-electron chi connectivity index (χ2n) is 5.49. The molecule has 0 bridgehead atoms. The quantitative estimate of drug-likeness (QED) is 0.601. The molecule has 0 atom stereocenters. The first-order chi connectivity index (χ1) is 10.8. The number of anilines is 1. The van der Waals surface area contributed by atoms with Crippen molar-refractivity contribution in [3.8, 4) is 0 Å². The van der Waals surface area contributed by atoms with Gasteiger partial charge in [0.1, 0.15) is 0 Å². The van der Waals surface area contributed by atoms with Crippen LogP contribution in [-0.4, -0.2) is 5.71 Å². The molecule has 0 spiro atoms. The summed E-state index contributed by atoms with van der Waals surface area (Å²) in [5, 5.41) is 4.69. The summed E-state index contributed by atoms with van der Waals surface area (Å²) in [5.74, 6) is 0. The highest BCUT2D eigenvalue weighted by Gasteiger charge is 2.08. The predicted molar refractivity (Wildman–Crippen MR) is 94.2 cm³/mol. The maximum Gasteiger partial charge on any atom is 0.0719 e. The third-order valence-corrected chi connectivity index (χ3v) is 3.81. The van der Waals surface area contributed by atoms with Gasteiger partial charge in [0.25, 0.3) is 0 Å². The normalized spacial score (nSPS) is 14.0. The molecule has 0 radical (unpaired) electrons. The number of nitrogens with zero attached hydrogens (tertiary/aromatic N) is 1. The van der Waals surface area contributed by atoms with Crippen LogP contribution >= 0.6 is 0 Å². The number of para-hydroxylation sites is 1. The number of nitrogens with one attached hydrogen (secondary N) is 1. The van der Waals surface area contributed by atoms with Crippen molar-refractivity contribution in [1.29, 1.82) is 0 Å². The summed E-state index contributed by atoms with van der Waals surface area (Å²) < 4.78 is 0. The molecule has 2 aromatic carbocycles. The van der Waals surface area contributed by atoms with Crippen molar-refractivity contribution < 1.29 is 0 Å². The van der Waals surface area contributed by atoms with E-state index < -0.39 is 0 Å². The molecule has 0 amide bonds. The van der Waals surface area contributed by atoms with Gasteiger partial charge in [-0.1, -0.05) is 72.3 Å². The molecule has 2 heteroatoms. The fourth-order valence-electron chi connectivity index (χ4n) is 2.50. The topological polar surface area (TPSA) is 24.4 Å². The van der Waals surface area contributed by atoms with E-state index in [0.29, 0.717) is 0 Å². The van der Waals surface area contributed by atoms with E-state index in [2.05, 4.69) is 72.1 Å². The molecule has 1 aliphatic carbocycles. The largest absolute Gasteiger partial charge is 0.278 e. The zero-order valence-corrected chi connectivity index (χ0v) is 12.8. The minimum Gasteiger partial charge on any atom is -0.278 e. The Hall–Kier alpha value is -2.61. The van der Waals surface area contributed by atoms with E-state index in [0.717, 1.165) is 29.8 Å². The van der Waals surface area contributed by atoms with Gasteiger partial charge in [-0.3, -0.25) is 5.43 Å². The zero-order chi connectivity index (χ0) is 15.2. The summed E-state index contributed by atoms with van der Waals surface area (Å²) >= 11 is 0. The molecule has 22 heavy (non-hydrogen) atoms. The predicted octanol–water partition coefficient (Wildman–Crippen LogP) is 5.09. The lowest BCUT2D eigenvalue weighted by Crippen LogP contribution is -2.06. The van der Waals surface area contributed by atoms with E-state index >= 15 is 0 Å². The SMILES string of the molecule is Cc1ccccc1NN=C(CC1=CC=CC1)c1ccccc1. The van der Waals surface area contributed by atoms with Gasteiger partial charge in [-0.2, -0.15) is 5.10 Å². The first-order valence-corrected chi connectivity index (χ1v) is 7.61. The number of aryl methyl sites for hydroxylation is 1. The fraction of sp³-hybridized carbons (Fsp3) is 0.150. The van der Waals surface area contributed by atoms with Crippen LogP contribution in [0.2, 0.25) is 0 Å². The summed E-state index contributed by atoms with van der Waals surface area (Å²) in [6.07, 6.45) is 8.39. The smallest absolute Gasteiger partial charge is 0.0719 e. The van der Waals surface area contributed by atoms with Crippen LogP contribution in [0.3, 0.4) is 0 Å². The Balaban J connectivity index is 1.84. The number of allylic oxidation sites excluding steroid dienone is 4. The van der Waals surface area contributed by atoms with Crippen molar-refractivity contribution in [2.24, 2.45) is 5.10 Å². The molecule has 0 aromatic heterocycles. The molecule has 1 N–H and O–H groups in total. The van der Waals surface area contributed by atoms with E-state index in [1.165, 1.54) is 11.1 Å². The van der Waals surface area contributed by atoms with Gasteiger partial charge in [-0.25, -0.2) is 0 Å². The van der Waals surface area contributed by atoms with Crippen molar-refractivity contribution in [2.75, 3.05) is 5.43 Å². The molecule has 0 heterocycles. The van der Waals surface area contributed by atoms with E-state index in [-0.39, 0.29) is 0 Å². The Kier molecular flexibility index (Phi) is 4.50. The average molecular weight is 288 g/mol. The minimum absolute atomic E-state index is 0.871. The van der Waals surface area contributed by atoms with E-state index in [4.69, 9.17) is 0 Å². The lowest BCUT2D eigenvalue weighted by atomic mass is 10.0. The number of benzene rings is 2. The molecule has 0 saturated heterocycles. The van der Waals surface area contributed by atoms with Gasteiger partial charge in [0.05, 0.1) is 11.4 Å². The number of hydrazone groups is 1. The zero-order valence-electron chi connectivity index (χ0n) is 12.8. The molecule has 0 fully saturated rings. The lowest BCUT2D eigenvalue weighted by Gasteiger charge is -2.10. The van der Waals surface area contributed by atoms with Crippen LogP contribution in [0, 0.1) is 6.92 Å². The van der Waals surface area contributed by atoms with Crippen LogP contribution in [0.25, 0.3) is 0 Å². The molecule has 0 saturated carbocycles. The van der Waals surface area contributed by atoms with E-state index in [9.17, 15) is 0 Å². The van der Waals surface area contributed by atoms with Gasteiger partial charge >= 0.3 is 0 Å². The highest BCUT2D eigenvalue weighted by molar-refractivity contribution is 6.02. The number of rotatable bonds is 5. The summed E-state index contributed by atoms with van der Waals surface area (Å²) in [6, 6.07) is 18.6. The van der Waals surface area contributed by atoms with Crippen LogP contribution in [0.5, 0.6) is 0 Å². The van der Waals surface area contributed by atoms with Crippen LogP contribution in [0.4, 0.5) is 5.69 Å². The second kappa shape index (κ2) is 6.90. The van der Waals surface area contributed by atoms with Gasteiger partial charge in [0, 0.05) is 6.42 Å². The average Bonchev–Trinajstić information content (AvgIpc) is 3.07. The van der Waals surface area contributed by atoms with E-state index in [1.54, 1.807) is 0 Å². The molecule has 1 aliphatic rings. The number of hydrogen-bond acceptors (Lipinski definition) is 2. The van der Waals surface area contributed by atoms with Crippen molar-refractivity contribution in [3.05, 3.63) is 89.5 Å². The Morgan fingerprint density at radius 2 is 1.82 bits per heavy atom. The van der Waals surface area contributed by atoms with Crippen LogP contribution in [-0.2, 0) is 0 Å². The molecule has 0 unspecified atom stereocenters. The summed E-state index contributed by atoms with van der Waals surface area (Å²) in [7, 11) is 0. The Morgan fingerprint density at radius 3 is 2.55 bits per heavy atom. The first kappa shape index (κ1) is 14.3. The maximum absolute atomic E-state index is 4.69. The molecule has 2 aromatic rings. The van der Waals surface area contributed by atoms with Gasteiger partial charge in [-0.15, -0.1) is 0 Å². The second-order valence-corrected chi connectivity index (χ2v) is 5.49. The van der Waals surface area contributed by atoms with E-state index in [1.807, 2.05) is 18.2 Å². The molecular formula is C20H20N2. The van der Waals surface area contributed by atoms with Crippen molar-refractivity contribution >= 4 is 11.4 Å². The van der Waals surface area contributed by atoms with Gasteiger partial charge in [-0.05, 0) is 30.5 Å². The monoisotopic (exact) mass is 288 g/mol. The third kappa shape index (κ3) is 3.53. The number of hydrogen-bond donors (Lipinski definition) is 1. The summed E-state index contributed by atoms with van der Waals surface area (Å²) in [5.41, 5.74) is 9.10. The third-order valence-electron chi connectivity index (χ3n) is 3.81. The standard InChI is InChI=1S/C20H20N2/c1-16-9-5-8-14-19(16)21-22-20(15-17-10-6-7-11-17)18-12-3-2-4-13-18/h2-10,12-14,21H,11,15H2,1H3. The van der Waals surface area contributed by atoms with Gasteiger partial charge in [0.2, 0.25) is 0 Å².